The molecule has 0 aliphatic rings. The summed E-state index contributed by atoms with van der Waals surface area (Å²) in [6.07, 6.45) is 1.90. The Morgan fingerprint density at radius 1 is 0.516 bits per heavy atom. The summed E-state index contributed by atoms with van der Waals surface area (Å²) in [5, 5.41) is 15.2. The van der Waals surface area contributed by atoms with Gasteiger partial charge in [0.05, 0.1) is 16.6 Å². The summed E-state index contributed by atoms with van der Waals surface area (Å²) in [5.74, 6) is 0.857. The van der Waals surface area contributed by atoms with Crippen molar-refractivity contribution in [1.82, 2.24) is 14.5 Å². The van der Waals surface area contributed by atoms with Crippen LogP contribution in [0, 0.1) is 13.0 Å². The van der Waals surface area contributed by atoms with E-state index in [9.17, 15) is 5.11 Å². The van der Waals surface area contributed by atoms with Crippen LogP contribution in [0.25, 0.3) is 94.3 Å². The van der Waals surface area contributed by atoms with Gasteiger partial charge in [0, 0.05) is 38.5 Å². The molecule has 8 aromatic carbocycles. The van der Waals surface area contributed by atoms with Crippen molar-refractivity contribution in [1.29, 1.82) is 0 Å². The van der Waals surface area contributed by atoms with Crippen LogP contribution in [0.3, 0.4) is 0 Å². The minimum absolute atomic E-state index is 0. The second-order valence-electron chi connectivity index (χ2n) is 18.9. The van der Waals surface area contributed by atoms with E-state index >= 15 is 0 Å². The molecule has 0 aliphatic carbocycles. The zero-order valence-electron chi connectivity index (χ0n) is 37.3. The molecule has 5 heteroatoms. The van der Waals surface area contributed by atoms with Gasteiger partial charge >= 0.3 is 0 Å². The zero-order chi connectivity index (χ0) is 43.6. The quantitative estimate of drug-likeness (QED) is 0.169. The molecular formula is C59H50N3OPt-. The maximum atomic E-state index is 11.7. The van der Waals surface area contributed by atoms with Gasteiger partial charge in [-0.3, -0.25) is 9.55 Å². The molecule has 0 fully saturated rings. The van der Waals surface area contributed by atoms with E-state index in [4.69, 9.17) is 9.97 Å². The minimum atomic E-state index is -0.146. The van der Waals surface area contributed by atoms with Crippen LogP contribution in [0.1, 0.15) is 58.2 Å². The molecule has 2 aromatic heterocycles. The Labute approximate surface area is 390 Å². The summed E-state index contributed by atoms with van der Waals surface area (Å²) < 4.78 is 2.23. The number of fused-ring (bicyclic) bond motifs is 3. The summed E-state index contributed by atoms with van der Waals surface area (Å²) in [4.78, 5) is 10.5. The topological polar surface area (TPSA) is 50.9 Å². The molecule has 0 radical (unpaired) electrons. The second kappa shape index (κ2) is 16.5. The Balaban J connectivity index is 0.00000518. The molecule has 10 rings (SSSR count). The van der Waals surface area contributed by atoms with Crippen molar-refractivity contribution in [3.8, 4) is 67.3 Å². The summed E-state index contributed by atoms with van der Waals surface area (Å²) in [7, 11) is 0. The van der Waals surface area contributed by atoms with Gasteiger partial charge in [-0.05, 0) is 121 Å². The van der Waals surface area contributed by atoms with Crippen LogP contribution < -0.4 is 0 Å². The van der Waals surface area contributed by atoms with Gasteiger partial charge in [-0.1, -0.05) is 150 Å². The Kier molecular flexibility index (Phi) is 11.0. The van der Waals surface area contributed by atoms with Gasteiger partial charge in [-0.2, -0.15) is 0 Å². The smallest absolute Gasteiger partial charge is 0.148 e. The van der Waals surface area contributed by atoms with Crippen LogP contribution in [-0.4, -0.2) is 19.6 Å². The third-order valence-electron chi connectivity index (χ3n) is 12.5. The molecule has 0 saturated heterocycles. The van der Waals surface area contributed by atoms with Crippen molar-refractivity contribution in [3.05, 3.63) is 193 Å². The molecule has 0 amide bonds. The van der Waals surface area contributed by atoms with Crippen molar-refractivity contribution in [2.24, 2.45) is 0 Å². The fourth-order valence-electron chi connectivity index (χ4n) is 8.83. The molecule has 0 spiro atoms. The van der Waals surface area contributed by atoms with Crippen molar-refractivity contribution >= 4 is 32.7 Å². The number of rotatable bonds is 6. The summed E-state index contributed by atoms with van der Waals surface area (Å²) in [5.41, 5.74) is 16.0. The van der Waals surface area contributed by atoms with Crippen LogP contribution in [-0.2, 0) is 31.9 Å². The molecule has 0 unspecified atom stereocenters. The standard InChI is InChI=1S/C59H50N3O.Pt/c1-37-28-29-60-55-49(37)32-44(38-14-9-8-10-15-38)33-50(55)42-18-13-19-43(31-42)51-34-45(41-21-20-39-16-11-12-17-40(39)30-41)35-53-56(51)61-57(52-36-47(59(5,6)7)24-27-54(52)63)62(53)48-25-22-46(23-26-48)58(2,3)4;/h8-30,32-36,63H,1-7H3;/q-1;. The Morgan fingerprint density at radius 2 is 1.16 bits per heavy atom. The van der Waals surface area contributed by atoms with Gasteiger partial charge in [-0.15, -0.1) is 35.4 Å². The molecule has 64 heavy (non-hydrogen) atoms. The first kappa shape index (κ1) is 42.7. The van der Waals surface area contributed by atoms with E-state index < -0.39 is 0 Å². The molecule has 0 bridgehead atoms. The summed E-state index contributed by atoms with van der Waals surface area (Å²) in [6, 6.07) is 61.8. The van der Waals surface area contributed by atoms with Gasteiger partial charge in [-0.25, -0.2) is 4.98 Å². The number of phenolic OH excluding ortho intramolecular Hbond substituents is 1. The number of hydrogen-bond acceptors (Lipinski definition) is 3. The SMILES string of the molecule is Cc1ccnc2c(-c3[c-]c(-c4cc(-c5ccc6ccccc6c5)cc5c4nc(-c4cc(C(C)(C)C)ccc4O)n5-c4ccc(C(C)(C)C)cc4)ccc3)cc(-c3ccccc3)cc12.[Pt]. The molecule has 1 N–H and O–H groups in total. The third-order valence-corrected chi connectivity index (χ3v) is 12.5. The number of phenols is 1. The average Bonchev–Trinajstić information content (AvgIpc) is 3.67. The Bertz CT molecular complexity index is 3370. The minimum Gasteiger partial charge on any atom is -0.507 e. The van der Waals surface area contributed by atoms with E-state index in [0.717, 1.165) is 77.7 Å². The average molecular weight is 1010 g/mol. The molecule has 10 aromatic rings. The van der Waals surface area contributed by atoms with Gasteiger partial charge in [0.15, 0.2) is 0 Å². The number of hydrogen-bond donors (Lipinski definition) is 1. The Hall–Kier alpha value is -6.61. The predicted molar refractivity (Wildman–Crippen MR) is 264 cm³/mol. The first-order chi connectivity index (χ1) is 30.3. The number of aromatic hydroxyl groups is 1. The fourth-order valence-corrected chi connectivity index (χ4v) is 8.83. The van der Waals surface area contributed by atoms with Crippen LogP contribution in [0.4, 0.5) is 0 Å². The number of aryl methyl sites for hydroxylation is 1. The largest absolute Gasteiger partial charge is 0.507 e. The number of pyridine rings is 1. The van der Waals surface area contributed by atoms with Crippen molar-refractivity contribution in [3.63, 3.8) is 0 Å². The number of imidazole rings is 1. The van der Waals surface area contributed by atoms with Gasteiger partial charge in [0.2, 0.25) is 0 Å². The van der Waals surface area contributed by atoms with E-state index in [1.54, 1.807) is 0 Å². The normalized spacial score (nSPS) is 11.9. The van der Waals surface area contributed by atoms with Crippen molar-refractivity contribution in [2.45, 2.75) is 59.3 Å². The van der Waals surface area contributed by atoms with E-state index in [2.05, 4.69) is 211 Å². The van der Waals surface area contributed by atoms with Crippen LogP contribution >= 0.6 is 0 Å². The van der Waals surface area contributed by atoms with Gasteiger partial charge in [0.1, 0.15) is 11.6 Å². The van der Waals surface area contributed by atoms with Gasteiger partial charge < -0.3 is 5.11 Å². The number of aromatic nitrogens is 3. The van der Waals surface area contributed by atoms with Crippen molar-refractivity contribution in [2.75, 3.05) is 0 Å². The molecule has 0 saturated carbocycles. The molecule has 0 atom stereocenters. The maximum Gasteiger partial charge on any atom is 0.148 e. The zero-order valence-corrected chi connectivity index (χ0v) is 39.5. The van der Waals surface area contributed by atoms with Crippen LogP contribution in [0.2, 0.25) is 0 Å². The monoisotopic (exact) mass is 1010 g/mol. The van der Waals surface area contributed by atoms with Gasteiger partial charge in [0.25, 0.3) is 0 Å². The van der Waals surface area contributed by atoms with Crippen molar-refractivity contribution < 1.29 is 26.2 Å². The summed E-state index contributed by atoms with van der Waals surface area (Å²) >= 11 is 0. The first-order valence-corrected chi connectivity index (χ1v) is 21.8. The van der Waals surface area contributed by atoms with E-state index in [1.807, 2.05) is 18.3 Å². The number of benzene rings is 8. The van der Waals surface area contributed by atoms with E-state index in [-0.39, 0.29) is 37.6 Å². The first-order valence-electron chi connectivity index (χ1n) is 21.8. The van der Waals surface area contributed by atoms with Crippen LogP contribution in [0.15, 0.2) is 170 Å². The Morgan fingerprint density at radius 3 is 1.86 bits per heavy atom. The third kappa shape index (κ3) is 7.86. The summed E-state index contributed by atoms with van der Waals surface area (Å²) in [6.45, 7) is 15.5. The maximum absolute atomic E-state index is 11.7. The molecular weight excluding hydrogens is 962 g/mol. The number of nitrogens with zero attached hydrogens (tertiary/aromatic N) is 3. The molecule has 318 valence electrons. The second-order valence-corrected chi connectivity index (χ2v) is 18.9. The molecule has 0 aliphatic heterocycles. The molecule has 2 heterocycles. The predicted octanol–water partition coefficient (Wildman–Crippen LogP) is 15.5. The van der Waals surface area contributed by atoms with Crippen LogP contribution in [0.5, 0.6) is 5.75 Å². The fraction of sp³-hybridized carbons (Fsp3) is 0.153. The van der Waals surface area contributed by atoms with E-state index in [1.165, 1.54) is 21.9 Å². The van der Waals surface area contributed by atoms with E-state index in [0.29, 0.717) is 11.4 Å². The molecule has 4 nitrogen and oxygen atoms in total.